The minimum Gasteiger partial charge on any atom is -0.367 e. The van der Waals surface area contributed by atoms with E-state index < -0.39 is 0 Å². The van der Waals surface area contributed by atoms with E-state index in [4.69, 9.17) is 11.6 Å². The third kappa shape index (κ3) is 4.40. The molecule has 1 heterocycles. The molecule has 0 saturated carbocycles. The Hall–Kier alpha value is -0.940. The third-order valence-electron chi connectivity index (χ3n) is 2.19. The summed E-state index contributed by atoms with van der Waals surface area (Å²) in [6, 6.07) is 0.541. The molecule has 0 fully saturated rings. The Morgan fingerprint density at radius 3 is 2.87 bits per heavy atom. The number of nitrogens with one attached hydrogen (secondary N) is 1. The number of nitrogens with zero attached hydrogens (tertiary/aromatic N) is 4. The average Bonchev–Trinajstić information content (AvgIpc) is 2.17. The van der Waals surface area contributed by atoms with Crippen molar-refractivity contribution in [2.45, 2.75) is 19.9 Å². The van der Waals surface area contributed by atoms with E-state index in [1.54, 1.807) is 6.20 Å². The van der Waals surface area contributed by atoms with E-state index in [1.807, 2.05) is 0 Å². The van der Waals surface area contributed by atoms with Gasteiger partial charge in [0.15, 0.2) is 0 Å². The maximum atomic E-state index is 5.60. The zero-order valence-corrected chi connectivity index (χ0v) is 9.99. The number of aromatic nitrogens is 3. The Morgan fingerprint density at radius 1 is 1.53 bits per heavy atom. The smallest absolute Gasteiger partial charge is 0.244 e. The maximum Gasteiger partial charge on any atom is 0.244 e. The van der Waals surface area contributed by atoms with Gasteiger partial charge in [0.1, 0.15) is 5.82 Å². The van der Waals surface area contributed by atoms with Crippen LogP contribution in [0, 0.1) is 0 Å². The highest BCUT2D eigenvalue weighted by Gasteiger charge is 2.02. The lowest BCUT2D eigenvalue weighted by Crippen LogP contribution is -2.31. The van der Waals surface area contributed by atoms with E-state index in [0.717, 1.165) is 13.1 Å². The molecule has 84 valence electrons. The van der Waals surface area contributed by atoms with Crippen molar-refractivity contribution >= 4 is 17.4 Å². The van der Waals surface area contributed by atoms with Gasteiger partial charge in [-0.15, -0.1) is 5.10 Å². The number of likely N-dealkylation sites (N-methyl/N-ethyl adjacent to an activating group) is 1. The second-order valence-electron chi connectivity index (χ2n) is 3.61. The fraction of sp³-hybridized carbons (Fsp3) is 0.667. The van der Waals surface area contributed by atoms with Crippen LogP contribution in [-0.4, -0.2) is 46.3 Å². The Balaban J connectivity index is 2.32. The van der Waals surface area contributed by atoms with Crippen molar-refractivity contribution in [3.05, 3.63) is 11.5 Å². The zero-order valence-electron chi connectivity index (χ0n) is 9.24. The number of anilines is 1. The van der Waals surface area contributed by atoms with E-state index in [9.17, 15) is 0 Å². The van der Waals surface area contributed by atoms with Gasteiger partial charge in [-0.3, -0.25) is 0 Å². The standard InChI is InChI=1S/C9H16ClN5/c1-7(2)15(3)5-4-11-8-6-12-14-9(10)13-8/h6-7H,4-5H2,1-3H3,(H,11,13,14). The van der Waals surface area contributed by atoms with Gasteiger partial charge in [0.25, 0.3) is 0 Å². The first-order valence-corrected chi connectivity index (χ1v) is 5.26. The lowest BCUT2D eigenvalue weighted by Gasteiger charge is -2.20. The van der Waals surface area contributed by atoms with E-state index in [-0.39, 0.29) is 5.28 Å². The normalized spacial score (nSPS) is 11.1. The molecule has 0 aliphatic rings. The molecule has 0 aromatic carbocycles. The third-order valence-corrected chi connectivity index (χ3v) is 2.35. The van der Waals surface area contributed by atoms with Crippen LogP contribution in [0.3, 0.4) is 0 Å². The van der Waals surface area contributed by atoms with E-state index in [2.05, 4.69) is 46.3 Å². The Morgan fingerprint density at radius 2 is 2.27 bits per heavy atom. The first-order valence-electron chi connectivity index (χ1n) is 4.89. The molecule has 15 heavy (non-hydrogen) atoms. The first kappa shape index (κ1) is 12.1. The topological polar surface area (TPSA) is 53.9 Å². The highest BCUT2D eigenvalue weighted by Crippen LogP contribution is 2.03. The van der Waals surface area contributed by atoms with Gasteiger partial charge in [-0.1, -0.05) is 0 Å². The summed E-state index contributed by atoms with van der Waals surface area (Å²) in [7, 11) is 2.08. The van der Waals surface area contributed by atoms with Gasteiger partial charge < -0.3 is 10.2 Å². The van der Waals surface area contributed by atoms with Crippen LogP contribution in [0.1, 0.15) is 13.8 Å². The molecule has 0 unspecified atom stereocenters. The van der Waals surface area contributed by atoms with Gasteiger partial charge in [0, 0.05) is 19.1 Å². The molecule has 0 aliphatic heterocycles. The molecule has 0 aliphatic carbocycles. The van der Waals surface area contributed by atoms with Crippen molar-refractivity contribution in [2.24, 2.45) is 0 Å². The quantitative estimate of drug-likeness (QED) is 0.825. The predicted octanol–water partition coefficient (Wildman–Crippen LogP) is 1.28. The van der Waals surface area contributed by atoms with Crippen molar-refractivity contribution in [1.29, 1.82) is 0 Å². The molecule has 6 heteroatoms. The number of hydrogen-bond donors (Lipinski definition) is 1. The fourth-order valence-electron chi connectivity index (χ4n) is 0.986. The van der Waals surface area contributed by atoms with E-state index in [0.29, 0.717) is 11.9 Å². The fourth-order valence-corrected chi connectivity index (χ4v) is 1.12. The molecule has 1 aromatic rings. The number of rotatable bonds is 5. The lowest BCUT2D eigenvalue weighted by molar-refractivity contribution is 0.284. The van der Waals surface area contributed by atoms with Crippen LogP contribution in [0.2, 0.25) is 5.28 Å². The van der Waals surface area contributed by atoms with Gasteiger partial charge in [-0.05, 0) is 32.5 Å². The van der Waals surface area contributed by atoms with Gasteiger partial charge in [-0.2, -0.15) is 10.1 Å². The summed E-state index contributed by atoms with van der Waals surface area (Å²) >= 11 is 5.60. The van der Waals surface area contributed by atoms with Crippen LogP contribution in [-0.2, 0) is 0 Å². The second-order valence-corrected chi connectivity index (χ2v) is 3.95. The molecule has 0 amide bonds. The van der Waals surface area contributed by atoms with Crippen molar-refractivity contribution in [1.82, 2.24) is 20.1 Å². The number of halogens is 1. The SMILES string of the molecule is CC(C)N(C)CCNc1cnnc(Cl)n1. The predicted molar refractivity (Wildman–Crippen MR) is 61.1 cm³/mol. The lowest BCUT2D eigenvalue weighted by atomic mass is 10.3. The van der Waals surface area contributed by atoms with Gasteiger partial charge in [0.2, 0.25) is 5.28 Å². The van der Waals surface area contributed by atoms with E-state index in [1.165, 1.54) is 0 Å². The average molecular weight is 230 g/mol. The molecule has 1 N–H and O–H groups in total. The molecule has 0 radical (unpaired) electrons. The molecule has 1 rings (SSSR count). The largest absolute Gasteiger partial charge is 0.367 e. The van der Waals surface area contributed by atoms with Crippen LogP contribution in [0.5, 0.6) is 0 Å². The van der Waals surface area contributed by atoms with E-state index >= 15 is 0 Å². The summed E-state index contributed by atoms with van der Waals surface area (Å²) < 4.78 is 0. The molecule has 0 bridgehead atoms. The maximum absolute atomic E-state index is 5.60. The molecule has 0 saturated heterocycles. The molecular weight excluding hydrogens is 214 g/mol. The minimum absolute atomic E-state index is 0.164. The zero-order chi connectivity index (χ0) is 11.3. The van der Waals surface area contributed by atoms with Crippen LogP contribution >= 0.6 is 11.6 Å². The summed E-state index contributed by atoms with van der Waals surface area (Å²) in [5, 5.41) is 10.6. The Labute approximate surface area is 94.9 Å². The molecule has 1 aromatic heterocycles. The summed E-state index contributed by atoms with van der Waals surface area (Å²) in [6.45, 7) is 6.06. The first-order chi connectivity index (χ1) is 7.09. The highest BCUT2D eigenvalue weighted by atomic mass is 35.5. The van der Waals surface area contributed by atoms with Crippen molar-refractivity contribution in [3.8, 4) is 0 Å². The van der Waals surface area contributed by atoms with Crippen LogP contribution in [0.15, 0.2) is 6.20 Å². The van der Waals surface area contributed by atoms with Gasteiger partial charge >= 0.3 is 0 Å². The molecule has 0 spiro atoms. The van der Waals surface area contributed by atoms with Crippen LogP contribution in [0.4, 0.5) is 5.82 Å². The van der Waals surface area contributed by atoms with Crippen molar-refractivity contribution in [3.63, 3.8) is 0 Å². The molecule has 0 atom stereocenters. The highest BCUT2D eigenvalue weighted by molar-refractivity contribution is 6.28. The molecule has 5 nitrogen and oxygen atoms in total. The number of hydrogen-bond acceptors (Lipinski definition) is 5. The van der Waals surface area contributed by atoms with Gasteiger partial charge in [0.05, 0.1) is 6.20 Å². The van der Waals surface area contributed by atoms with Crippen LogP contribution in [0.25, 0.3) is 0 Å². The monoisotopic (exact) mass is 229 g/mol. The summed E-state index contributed by atoms with van der Waals surface area (Å²) in [5.41, 5.74) is 0. The second kappa shape index (κ2) is 5.82. The van der Waals surface area contributed by atoms with Crippen LogP contribution < -0.4 is 5.32 Å². The summed E-state index contributed by atoms with van der Waals surface area (Å²) in [6.07, 6.45) is 1.56. The Bertz CT molecular complexity index is 304. The Kier molecular flexibility index (Phi) is 4.71. The summed E-state index contributed by atoms with van der Waals surface area (Å²) in [4.78, 5) is 6.22. The van der Waals surface area contributed by atoms with Crippen molar-refractivity contribution in [2.75, 3.05) is 25.5 Å². The summed E-state index contributed by atoms with van der Waals surface area (Å²) in [5.74, 6) is 0.659. The molecular formula is C9H16ClN5. The van der Waals surface area contributed by atoms with Gasteiger partial charge in [-0.25, -0.2) is 0 Å². The minimum atomic E-state index is 0.164. The van der Waals surface area contributed by atoms with Crippen molar-refractivity contribution < 1.29 is 0 Å².